The molecule has 74 valence electrons. The van der Waals surface area contributed by atoms with E-state index in [9.17, 15) is 0 Å². The maximum absolute atomic E-state index is 8.65. The van der Waals surface area contributed by atoms with Gasteiger partial charge in [-0.1, -0.05) is 29.8 Å². The summed E-state index contributed by atoms with van der Waals surface area (Å²) in [6.07, 6.45) is 1.46. The first-order chi connectivity index (χ1) is 6.63. The lowest BCUT2D eigenvalue weighted by molar-refractivity contribution is 0.357. The third kappa shape index (κ3) is 2.71. The molecule has 0 amide bonds. The van der Waals surface area contributed by atoms with Gasteiger partial charge in [0, 0.05) is 5.70 Å². The van der Waals surface area contributed by atoms with Crippen molar-refractivity contribution in [1.29, 1.82) is 5.41 Å². The highest BCUT2D eigenvalue weighted by Crippen LogP contribution is 2.09. The Hall–Kier alpha value is -1.61. The van der Waals surface area contributed by atoms with Crippen molar-refractivity contribution in [3.63, 3.8) is 0 Å². The fraction of sp³-hybridized carbons (Fsp3) is 0.182. The van der Waals surface area contributed by atoms with Crippen molar-refractivity contribution in [3.05, 3.63) is 41.5 Å². The molecule has 0 aliphatic carbocycles. The van der Waals surface area contributed by atoms with Crippen LogP contribution in [0.2, 0.25) is 0 Å². The van der Waals surface area contributed by atoms with Crippen LogP contribution < -0.4 is 5.73 Å². The molecule has 14 heavy (non-hydrogen) atoms. The Bertz CT molecular complexity index is 352. The summed E-state index contributed by atoms with van der Waals surface area (Å²) in [5.74, 6) is 0. The van der Waals surface area contributed by atoms with E-state index in [0.717, 1.165) is 5.56 Å². The molecule has 0 unspecified atom stereocenters. The normalized spacial score (nSPS) is 11.4. The van der Waals surface area contributed by atoms with Crippen LogP contribution >= 0.6 is 0 Å². The van der Waals surface area contributed by atoms with Crippen LogP contribution in [-0.4, -0.2) is 17.4 Å². The molecule has 0 bridgehead atoms. The number of aryl methyl sites for hydroxylation is 1. The summed E-state index contributed by atoms with van der Waals surface area (Å²) < 4.78 is 0. The van der Waals surface area contributed by atoms with Crippen molar-refractivity contribution >= 4 is 11.4 Å². The number of aliphatic hydroxyl groups is 1. The molecule has 1 aromatic rings. The second kappa shape index (κ2) is 4.58. The highest BCUT2D eigenvalue weighted by molar-refractivity contribution is 5.98. The molecule has 0 saturated carbocycles. The fourth-order valence-electron chi connectivity index (χ4n) is 1.06. The van der Waals surface area contributed by atoms with E-state index < -0.39 is 0 Å². The van der Waals surface area contributed by atoms with Crippen molar-refractivity contribution in [2.75, 3.05) is 6.61 Å². The molecule has 0 saturated heterocycles. The van der Waals surface area contributed by atoms with Crippen LogP contribution in [-0.2, 0) is 0 Å². The molecule has 1 rings (SSSR count). The number of nitrogens with two attached hydrogens (primary N) is 1. The van der Waals surface area contributed by atoms with E-state index in [2.05, 4.69) is 0 Å². The smallest absolute Gasteiger partial charge is 0.0846 e. The average Bonchev–Trinajstić information content (AvgIpc) is 2.18. The number of aliphatic hydroxyl groups excluding tert-OH is 1. The Labute approximate surface area is 83.4 Å². The van der Waals surface area contributed by atoms with E-state index in [-0.39, 0.29) is 12.3 Å². The second-order valence-electron chi connectivity index (χ2n) is 3.15. The summed E-state index contributed by atoms with van der Waals surface area (Å²) in [6, 6.07) is 7.70. The number of benzene rings is 1. The lowest BCUT2D eigenvalue weighted by atomic mass is 10.1. The third-order valence-corrected chi connectivity index (χ3v) is 1.88. The van der Waals surface area contributed by atoms with Gasteiger partial charge in [0.2, 0.25) is 0 Å². The van der Waals surface area contributed by atoms with Crippen LogP contribution in [0.4, 0.5) is 0 Å². The average molecular weight is 190 g/mol. The molecule has 0 atom stereocenters. The van der Waals surface area contributed by atoms with Gasteiger partial charge in [-0.2, -0.15) is 0 Å². The number of rotatable bonds is 3. The van der Waals surface area contributed by atoms with E-state index in [0.29, 0.717) is 5.70 Å². The van der Waals surface area contributed by atoms with Crippen LogP contribution in [0, 0.1) is 12.3 Å². The molecule has 1 aromatic carbocycles. The predicted octanol–water partition coefficient (Wildman–Crippen LogP) is 1.31. The van der Waals surface area contributed by atoms with Gasteiger partial charge in [0.25, 0.3) is 0 Å². The van der Waals surface area contributed by atoms with Gasteiger partial charge in [-0.15, -0.1) is 0 Å². The lowest BCUT2D eigenvalue weighted by Crippen LogP contribution is -2.04. The van der Waals surface area contributed by atoms with Crippen molar-refractivity contribution in [2.24, 2.45) is 5.73 Å². The first-order valence-corrected chi connectivity index (χ1v) is 4.36. The van der Waals surface area contributed by atoms with Gasteiger partial charge in [-0.3, -0.25) is 0 Å². The van der Waals surface area contributed by atoms with E-state index in [1.54, 1.807) is 0 Å². The van der Waals surface area contributed by atoms with E-state index >= 15 is 0 Å². The van der Waals surface area contributed by atoms with Gasteiger partial charge in [0.05, 0.1) is 12.3 Å². The molecule has 4 N–H and O–H groups in total. The molecule has 3 heteroatoms. The van der Waals surface area contributed by atoms with Crippen LogP contribution in [0.1, 0.15) is 11.1 Å². The van der Waals surface area contributed by atoms with Crippen molar-refractivity contribution in [3.8, 4) is 0 Å². The molecule has 0 radical (unpaired) electrons. The molecule has 0 heterocycles. The third-order valence-electron chi connectivity index (χ3n) is 1.88. The number of nitrogens with one attached hydrogen (secondary N) is 1. The maximum Gasteiger partial charge on any atom is 0.0846 e. The lowest BCUT2D eigenvalue weighted by Gasteiger charge is -2.02. The summed E-state index contributed by atoms with van der Waals surface area (Å²) in [5.41, 5.74) is 8.38. The highest BCUT2D eigenvalue weighted by atomic mass is 16.3. The topological polar surface area (TPSA) is 70.1 Å². The Morgan fingerprint density at radius 1 is 1.43 bits per heavy atom. The Morgan fingerprint density at radius 2 is 2.00 bits per heavy atom. The molecular weight excluding hydrogens is 176 g/mol. The van der Waals surface area contributed by atoms with Crippen LogP contribution in [0.3, 0.4) is 0 Å². The molecule has 0 fully saturated rings. The SMILES string of the molecule is Cc1ccc(/C(N)=C/C(=N)CO)cc1. The van der Waals surface area contributed by atoms with Gasteiger partial charge >= 0.3 is 0 Å². The van der Waals surface area contributed by atoms with Gasteiger partial charge in [0.1, 0.15) is 0 Å². The Kier molecular flexibility index (Phi) is 3.42. The predicted molar refractivity (Wildman–Crippen MR) is 58.2 cm³/mol. The van der Waals surface area contributed by atoms with Gasteiger partial charge < -0.3 is 16.2 Å². The summed E-state index contributed by atoms with van der Waals surface area (Å²) in [4.78, 5) is 0. The van der Waals surface area contributed by atoms with Gasteiger partial charge in [-0.05, 0) is 18.6 Å². The molecule has 0 aliphatic heterocycles. The minimum absolute atomic E-state index is 0.114. The first kappa shape index (κ1) is 10.5. The van der Waals surface area contributed by atoms with Crippen molar-refractivity contribution in [1.82, 2.24) is 0 Å². The molecule has 0 aromatic heterocycles. The quantitative estimate of drug-likeness (QED) is 0.629. The monoisotopic (exact) mass is 190 g/mol. The van der Waals surface area contributed by atoms with Crippen LogP contribution in [0.5, 0.6) is 0 Å². The van der Waals surface area contributed by atoms with Crippen molar-refractivity contribution in [2.45, 2.75) is 6.92 Å². The van der Waals surface area contributed by atoms with Crippen molar-refractivity contribution < 1.29 is 5.11 Å². The minimum atomic E-state index is -0.285. The van der Waals surface area contributed by atoms with E-state index in [1.165, 1.54) is 11.6 Å². The summed E-state index contributed by atoms with van der Waals surface area (Å²) >= 11 is 0. The van der Waals surface area contributed by atoms with Gasteiger partial charge in [-0.25, -0.2) is 0 Å². The zero-order valence-electron chi connectivity index (χ0n) is 8.12. The van der Waals surface area contributed by atoms with E-state index in [1.807, 2.05) is 31.2 Å². The molecule has 3 nitrogen and oxygen atoms in total. The first-order valence-electron chi connectivity index (χ1n) is 4.36. The van der Waals surface area contributed by atoms with E-state index in [4.69, 9.17) is 16.2 Å². The number of hydrogen-bond acceptors (Lipinski definition) is 3. The summed E-state index contributed by atoms with van der Waals surface area (Å²) in [7, 11) is 0. The maximum atomic E-state index is 8.65. The van der Waals surface area contributed by atoms with Gasteiger partial charge in [0.15, 0.2) is 0 Å². The minimum Gasteiger partial charge on any atom is -0.398 e. The Morgan fingerprint density at radius 3 is 2.50 bits per heavy atom. The zero-order chi connectivity index (χ0) is 10.6. The molecule has 0 aliphatic rings. The fourth-order valence-corrected chi connectivity index (χ4v) is 1.06. The van der Waals surface area contributed by atoms with Crippen LogP contribution in [0.15, 0.2) is 30.3 Å². The Balaban J connectivity index is 2.89. The molecule has 0 spiro atoms. The van der Waals surface area contributed by atoms with Crippen LogP contribution in [0.25, 0.3) is 5.70 Å². The number of hydrogen-bond donors (Lipinski definition) is 3. The standard InChI is InChI=1S/C11H14N2O/c1-8-2-4-9(5-3-8)11(13)6-10(12)7-14/h2-6,12,14H,7,13H2,1H3/b11-6-,12-10?. The largest absolute Gasteiger partial charge is 0.398 e. The summed E-state index contributed by atoms with van der Waals surface area (Å²) in [5, 5.41) is 15.9. The zero-order valence-corrected chi connectivity index (χ0v) is 8.12. The summed E-state index contributed by atoms with van der Waals surface area (Å²) in [6.45, 7) is 1.71. The molecular formula is C11H14N2O. The highest BCUT2D eigenvalue weighted by Gasteiger charge is 1.97. The second-order valence-corrected chi connectivity index (χ2v) is 3.15.